The van der Waals surface area contributed by atoms with Crippen molar-refractivity contribution in [1.29, 1.82) is 0 Å². The van der Waals surface area contributed by atoms with E-state index < -0.39 is 4.92 Å². The van der Waals surface area contributed by atoms with Gasteiger partial charge in [0.2, 0.25) is 0 Å². The van der Waals surface area contributed by atoms with E-state index in [-0.39, 0.29) is 17.2 Å². The van der Waals surface area contributed by atoms with E-state index in [2.05, 4.69) is 5.32 Å². The molecule has 0 saturated carbocycles. The van der Waals surface area contributed by atoms with Crippen molar-refractivity contribution < 1.29 is 14.5 Å². The number of hydrogen-bond donors (Lipinski definition) is 1. The standard InChI is InChI=1S/C14H19N3O4/c1-15-10-5-7-16(8-6-10)14(18)12-9-11(21-2)3-4-13(12)17(19)20/h3-4,9-10,15H,5-8H2,1-2H3. The van der Waals surface area contributed by atoms with Crippen molar-refractivity contribution in [2.24, 2.45) is 0 Å². The number of hydrogen-bond acceptors (Lipinski definition) is 5. The average Bonchev–Trinajstić information content (AvgIpc) is 2.53. The fraction of sp³-hybridized carbons (Fsp3) is 0.500. The van der Waals surface area contributed by atoms with Crippen LogP contribution in [0.2, 0.25) is 0 Å². The number of likely N-dealkylation sites (tertiary alicyclic amines) is 1. The topological polar surface area (TPSA) is 84.7 Å². The van der Waals surface area contributed by atoms with Gasteiger partial charge in [0.05, 0.1) is 12.0 Å². The number of carbonyl (C=O) groups excluding carboxylic acids is 1. The molecule has 7 heteroatoms. The van der Waals surface area contributed by atoms with Crippen molar-refractivity contribution in [3.63, 3.8) is 0 Å². The Bertz CT molecular complexity index is 539. The van der Waals surface area contributed by atoms with Crippen molar-refractivity contribution in [3.05, 3.63) is 33.9 Å². The molecule has 1 amide bonds. The smallest absolute Gasteiger partial charge is 0.282 e. The number of nitro benzene ring substituents is 1. The largest absolute Gasteiger partial charge is 0.497 e. The fourth-order valence-electron chi connectivity index (χ4n) is 2.51. The molecule has 1 fully saturated rings. The zero-order valence-corrected chi connectivity index (χ0v) is 12.2. The van der Waals surface area contributed by atoms with Crippen LogP contribution < -0.4 is 10.1 Å². The molecule has 1 aromatic rings. The number of carbonyl (C=O) groups is 1. The Hall–Kier alpha value is -2.15. The number of ether oxygens (including phenoxy) is 1. The van der Waals surface area contributed by atoms with Gasteiger partial charge >= 0.3 is 0 Å². The van der Waals surface area contributed by atoms with Gasteiger partial charge in [-0.25, -0.2) is 0 Å². The number of nitro groups is 1. The number of nitrogens with one attached hydrogen (secondary N) is 1. The molecular weight excluding hydrogens is 274 g/mol. The molecule has 1 aliphatic rings. The highest BCUT2D eigenvalue weighted by molar-refractivity contribution is 5.98. The number of rotatable bonds is 4. The summed E-state index contributed by atoms with van der Waals surface area (Å²) in [5.41, 5.74) is -0.0983. The second-order valence-corrected chi connectivity index (χ2v) is 5.00. The van der Waals surface area contributed by atoms with Crippen LogP contribution in [0.15, 0.2) is 18.2 Å². The predicted octanol–water partition coefficient (Wildman–Crippen LogP) is 1.43. The zero-order valence-electron chi connectivity index (χ0n) is 12.2. The molecule has 1 aromatic carbocycles. The van der Waals surface area contributed by atoms with Gasteiger partial charge in [0.25, 0.3) is 11.6 Å². The van der Waals surface area contributed by atoms with Gasteiger partial charge in [-0.15, -0.1) is 0 Å². The minimum Gasteiger partial charge on any atom is -0.497 e. The van der Waals surface area contributed by atoms with Crippen LogP contribution in [0.25, 0.3) is 0 Å². The molecule has 0 aliphatic carbocycles. The van der Waals surface area contributed by atoms with Crippen molar-refractivity contribution in [3.8, 4) is 5.75 Å². The summed E-state index contributed by atoms with van der Waals surface area (Å²) in [6.45, 7) is 1.19. The molecule has 0 bridgehead atoms. The van der Waals surface area contributed by atoms with Gasteiger partial charge < -0.3 is 15.0 Å². The monoisotopic (exact) mass is 293 g/mol. The summed E-state index contributed by atoms with van der Waals surface area (Å²) in [6, 6.07) is 4.63. The SMILES string of the molecule is CNC1CCN(C(=O)c2cc(OC)ccc2[N+](=O)[O-])CC1. The third-order valence-corrected chi connectivity index (χ3v) is 3.82. The lowest BCUT2D eigenvalue weighted by molar-refractivity contribution is -0.385. The van der Waals surface area contributed by atoms with E-state index in [1.54, 1.807) is 4.90 Å². The fourth-order valence-corrected chi connectivity index (χ4v) is 2.51. The van der Waals surface area contributed by atoms with Gasteiger partial charge in [0, 0.05) is 25.2 Å². The maximum atomic E-state index is 12.5. The van der Waals surface area contributed by atoms with E-state index >= 15 is 0 Å². The van der Waals surface area contributed by atoms with E-state index in [0.29, 0.717) is 24.9 Å². The lowest BCUT2D eigenvalue weighted by Crippen LogP contribution is -2.44. The third-order valence-electron chi connectivity index (χ3n) is 3.82. The molecule has 2 rings (SSSR count). The van der Waals surface area contributed by atoms with Gasteiger partial charge in [-0.1, -0.05) is 0 Å². The maximum absolute atomic E-state index is 12.5. The number of piperidine rings is 1. The molecule has 7 nitrogen and oxygen atoms in total. The third kappa shape index (κ3) is 3.30. The van der Waals surface area contributed by atoms with E-state index in [4.69, 9.17) is 4.74 Å². The first kappa shape index (κ1) is 15.2. The van der Waals surface area contributed by atoms with Crippen LogP contribution in [0.4, 0.5) is 5.69 Å². The zero-order chi connectivity index (χ0) is 15.4. The van der Waals surface area contributed by atoms with Crippen LogP contribution in [0.3, 0.4) is 0 Å². The Kier molecular flexibility index (Phi) is 4.74. The summed E-state index contributed by atoms with van der Waals surface area (Å²) in [5, 5.41) is 14.3. The molecule has 0 spiro atoms. The molecule has 0 unspecified atom stereocenters. The summed E-state index contributed by atoms with van der Waals surface area (Å²) in [5.74, 6) is 0.129. The van der Waals surface area contributed by atoms with Crippen LogP contribution in [0.1, 0.15) is 23.2 Å². The van der Waals surface area contributed by atoms with E-state index in [1.807, 2.05) is 7.05 Å². The van der Waals surface area contributed by atoms with E-state index in [9.17, 15) is 14.9 Å². The lowest BCUT2D eigenvalue weighted by atomic mass is 10.0. The molecule has 1 N–H and O–H groups in total. The second kappa shape index (κ2) is 6.53. The number of nitrogens with zero attached hydrogens (tertiary/aromatic N) is 2. The Labute approximate surface area is 123 Å². The first-order valence-corrected chi connectivity index (χ1v) is 6.85. The van der Waals surface area contributed by atoms with Crippen molar-refractivity contribution >= 4 is 11.6 Å². The summed E-state index contributed by atoms with van der Waals surface area (Å²) in [4.78, 5) is 24.8. The van der Waals surface area contributed by atoms with Gasteiger partial charge in [0.15, 0.2) is 0 Å². The second-order valence-electron chi connectivity index (χ2n) is 5.00. The molecular formula is C14H19N3O4. The van der Waals surface area contributed by atoms with Gasteiger partial charge in [-0.05, 0) is 32.0 Å². The molecule has 0 radical (unpaired) electrons. The molecule has 21 heavy (non-hydrogen) atoms. The maximum Gasteiger partial charge on any atom is 0.282 e. The normalized spacial score (nSPS) is 15.8. The summed E-state index contributed by atoms with van der Waals surface area (Å²) in [7, 11) is 3.36. The number of amides is 1. The van der Waals surface area contributed by atoms with E-state index in [0.717, 1.165) is 12.8 Å². The molecule has 1 aliphatic heterocycles. The number of benzene rings is 1. The molecule has 0 atom stereocenters. The van der Waals surface area contributed by atoms with Gasteiger partial charge in [-0.3, -0.25) is 14.9 Å². The molecule has 114 valence electrons. The lowest BCUT2D eigenvalue weighted by Gasteiger charge is -2.31. The summed E-state index contributed by atoms with van der Waals surface area (Å²) in [6.07, 6.45) is 1.69. The van der Waals surface area contributed by atoms with E-state index in [1.165, 1.54) is 25.3 Å². The Morgan fingerprint density at radius 3 is 2.62 bits per heavy atom. The first-order valence-electron chi connectivity index (χ1n) is 6.85. The minimum atomic E-state index is -0.535. The van der Waals surface area contributed by atoms with Crippen LogP contribution in [-0.4, -0.2) is 49.0 Å². The highest BCUT2D eigenvalue weighted by Gasteiger charge is 2.28. The number of methoxy groups -OCH3 is 1. The van der Waals surface area contributed by atoms with Crippen molar-refractivity contribution in [1.82, 2.24) is 10.2 Å². The summed E-state index contributed by atoms with van der Waals surface area (Å²) >= 11 is 0. The average molecular weight is 293 g/mol. The molecule has 1 heterocycles. The van der Waals surface area contributed by atoms with Crippen LogP contribution >= 0.6 is 0 Å². The Morgan fingerprint density at radius 2 is 2.10 bits per heavy atom. The summed E-state index contributed by atoms with van der Waals surface area (Å²) < 4.78 is 5.06. The van der Waals surface area contributed by atoms with Crippen molar-refractivity contribution in [2.45, 2.75) is 18.9 Å². The van der Waals surface area contributed by atoms with Crippen LogP contribution in [0.5, 0.6) is 5.75 Å². The van der Waals surface area contributed by atoms with Crippen molar-refractivity contribution in [2.75, 3.05) is 27.2 Å². The van der Waals surface area contributed by atoms with Gasteiger partial charge in [0.1, 0.15) is 11.3 Å². The van der Waals surface area contributed by atoms with Gasteiger partial charge in [-0.2, -0.15) is 0 Å². The molecule has 0 aromatic heterocycles. The Balaban J connectivity index is 2.23. The highest BCUT2D eigenvalue weighted by Crippen LogP contribution is 2.26. The Morgan fingerprint density at radius 1 is 1.43 bits per heavy atom. The highest BCUT2D eigenvalue weighted by atomic mass is 16.6. The minimum absolute atomic E-state index is 0.0854. The predicted molar refractivity (Wildman–Crippen MR) is 77.6 cm³/mol. The first-order chi connectivity index (χ1) is 10.1. The quantitative estimate of drug-likeness (QED) is 0.670. The van der Waals surface area contributed by atoms with Crippen LogP contribution in [0, 0.1) is 10.1 Å². The van der Waals surface area contributed by atoms with Crippen LogP contribution in [-0.2, 0) is 0 Å². The molecule has 1 saturated heterocycles.